The molecule has 0 aliphatic carbocycles. The number of benzene rings is 1. The smallest absolute Gasteiger partial charge is 0.426 e. The first kappa shape index (κ1) is 24.9. The lowest BCUT2D eigenvalue weighted by atomic mass is 10.1. The van der Waals surface area contributed by atoms with Crippen LogP contribution in [0.5, 0.6) is 5.75 Å². The van der Waals surface area contributed by atoms with Crippen LogP contribution >= 0.6 is 23.2 Å². The molecule has 6 nitrogen and oxygen atoms in total. The molecule has 0 radical (unpaired) electrons. The largest absolute Gasteiger partial charge is 0.451 e. The predicted molar refractivity (Wildman–Crippen MR) is 110 cm³/mol. The van der Waals surface area contributed by atoms with Gasteiger partial charge in [0.15, 0.2) is 5.15 Å². The van der Waals surface area contributed by atoms with E-state index in [1.165, 1.54) is 18.2 Å². The minimum Gasteiger partial charge on any atom is -0.426 e. The fraction of sp³-hybridized carbons (Fsp3) is 0.400. The third kappa shape index (κ3) is 7.66. The first-order valence-electron chi connectivity index (χ1n) is 9.53. The number of carbonyl (C=O) groups is 2. The molecule has 2 aromatic rings. The van der Waals surface area contributed by atoms with Gasteiger partial charge in [-0.15, -0.1) is 0 Å². The van der Waals surface area contributed by atoms with Gasteiger partial charge >= 0.3 is 12.1 Å². The molecule has 1 aromatic heterocycles. The minimum absolute atomic E-state index is 0.0376. The number of nitrogens with zero attached hydrogens (tertiary/aromatic N) is 2. The molecule has 11 heteroatoms. The third-order valence-electron chi connectivity index (χ3n) is 4.14. The van der Waals surface area contributed by atoms with E-state index < -0.39 is 29.0 Å². The highest BCUT2D eigenvalue weighted by atomic mass is 35.5. The zero-order valence-corrected chi connectivity index (χ0v) is 18.1. The van der Waals surface area contributed by atoms with Crippen molar-refractivity contribution in [2.75, 3.05) is 5.32 Å². The number of esters is 1. The summed E-state index contributed by atoms with van der Waals surface area (Å²) >= 11 is 11.7. The van der Waals surface area contributed by atoms with Gasteiger partial charge in [-0.1, -0.05) is 55.8 Å². The number of unbranched alkanes of at least 4 members (excludes halogenated alkanes) is 4. The molecule has 1 heterocycles. The second-order valence-corrected chi connectivity index (χ2v) is 7.42. The number of carbonyl (C=O) groups excluding carboxylic acids is 2. The van der Waals surface area contributed by atoms with Crippen molar-refractivity contribution in [3.8, 4) is 5.75 Å². The average Bonchev–Trinajstić information content (AvgIpc) is 2.69. The molecule has 0 saturated carbocycles. The van der Waals surface area contributed by atoms with Crippen LogP contribution in [0.25, 0.3) is 0 Å². The zero-order chi connectivity index (χ0) is 23.0. The van der Waals surface area contributed by atoms with E-state index in [4.69, 9.17) is 27.9 Å². The fourth-order valence-electron chi connectivity index (χ4n) is 2.59. The Morgan fingerprint density at radius 2 is 1.84 bits per heavy atom. The summed E-state index contributed by atoms with van der Waals surface area (Å²) in [6.07, 6.45) is 0.893. The van der Waals surface area contributed by atoms with Crippen LogP contribution in [-0.2, 0) is 11.0 Å². The Kier molecular flexibility index (Phi) is 9.06. The third-order valence-corrected chi connectivity index (χ3v) is 4.66. The van der Waals surface area contributed by atoms with Crippen LogP contribution in [0.1, 0.15) is 61.6 Å². The molecule has 0 aliphatic heterocycles. The van der Waals surface area contributed by atoms with Crippen molar-refractivity contribution in [2.24, 2.45) is 0 Å². The number of rotatable bonds is 9. The number of amides is 1. The van der Waals surface area contributed by atoms with Gasteiger partial charge in [0, 0.05) is 11.4 Å². The lowest BCUT2D eigenvalue weighted by Gasteiger charge is -2.12. The van der Waals surface area contributed by atoms with Gasteiger partial charge in [0.05, 0.1) is 17.4 Å². The highest BCUT2D eigenvalue weighted by Crippen LogP contribution is 2.30. The maximum atomic E-state index is 12.7. The summed E-state index contributed by atoms with van der Waals surface area (Å²) in [6.45, 7) is 2.09. The lowest BCUT2D eigenvalue weighted by molar-refractivity contribution is -0.145. The Balaban J connectivity index is 2.11. The Hall–Kier alpha value is -2.39. The quantitative estimate of drug-likeness (QED) is 0.197. The molecule has 0 fully saturated rings. The molecule has 168 valence electrons. The van der Waals surface area contributed by atoms with E-state index >= 15 is 0 Å². The number of alkyl halides is 3. The van der Waals surface area contributed by atoms with E-state index in [-0.39, 0.29) is 28.4 Å². The summed E-state index contributed by atoms with van der Waals surface area (Å²) in [4.78, 5) is 31.0. The summed E-state index contributed by atoms with van der Waals surface area (Å²) in [7, 11) is 0. The van der Waals surface area contributed by atoms with Gasteiger partial charge in [0.1, 0.15) is 5.75 Å². The summed E-state index contributed by atoms with van der Waals surface area (Å²) in [5.41, 5.74) is -0.337. The van der Waals surface area contributed by atoms with Crippen LogP contribution in [0.15, 0.2) is 24.4 Å². The first-order valence-corrected chi connectivity index (χ1v) is 10.3. The Morgan fingerprint density at radius 1 is 1.13 bits per heavy atom. The Labute approximate surface area is 187 Å². The highest BCUT2D eigenvalue weighted by Gasteiger charge is 2.35. The molecule has 31 heavy (non-hydrogen) atoms. The molecular formula is C20H20Cl2F3N3O3. The maximum Gasteiger partial charge on any atom is 0.451 e. The minimum atomic E-state index is -4.78. The molecule has 1 N–H and O–H groups in total. The van der Waals surface area contributed by atoms with E-state index in [1.54, 1.807) is 0 Å². The predicted octanol–water partition coefficient (Wildman–Crippen LogP) is 6.32. The Bertz CT molecular complexity index is 940. The van der Waals surface area contributed by atoms with Gasteiger partial charge in [-0.3, -0.25) is 9.59 Å². The van der Waals surface area contributed by atoms with Gasteiger partial charge in [0.2, 0.25) is 5.82 Å². The summed E-state index contributed by atoms with van der Waals surface area (Å²) in [5, 5.41) is 1.90. The van der Waals surface area contributed by atoms with Crippen LogP contribution in [0.3, 0.4) is 0 Å². The summed E-state index contributed by atoms with van der Waals surface area (Å²) in [6, 6.07) is 4.06. The van der Waals surface area contributed by atoms with Crippen molar-refractivity contribution in [3.05, 3.63) is 46.0 Å². The molecule has 0 aliphatic rings. The molecule has 0 bridgehead atoms. The summed E-state index contributed by atoms with van der Waals surface area (Å²) < 4.78 is 43.3. The van der Waals surface area contributed by atoms with Crippen LogP contribution in [0, 0.1) is 0 Å². The van der Waals surface area contributed by atoms with Crippen LogP contribution in [-0.4, -0.2) is 21.8 Å². The topological polar surface area (TPSA) is 81.2 Å². The van der Waals surface area contributed by atoms with Gasteiger partial charge in [-0.25, -0.2) is 9.97 Å². The van der Waals surface area contributed by atoms with Crippen molar-refractivity contribution < 1.29 is 27.5 Å². The second-order valence-electron chi connectivity index (χ2n) is 6.63. The summed E-state index contributed by atoms with van der Waals surface area (Å²) in [5.74, 6) is -2.79. The van der Waals surface area contributed by atoms with Crippen molar-refractivity contribution in [1.82, 2.24) is 9.97 Å². The van der Waals surface area contributed by atoms with E-state index in [9.17, 15) is 22.8 Å². The molecular weight excluding hydrogens is 458 g/mol. The molecule has 1 amide bonds. The number of hydrogen-bond donors (Lipinski definition) is 1. The van der Waals surface area contributed by atoms with Crippen LogP contribution in [0.2, 0.25) is 10.2 Å². The normalized spacial score (nSPS) is 11.3. The van der Waals surface area contributed by atoms with E-state index in [2.05, 4.69) is 22.2 Å². The Morgan fingerprint density at radius 3 is 2.48 bits per heavy atom. The van der Waals surface area contributed by atoms with Gasteiger partial charge in [-0.05, 0) is 24.6 Å². The molecule has 1 aromatic carbocycles. The van der Waals surface area contributed by atoms with Crippen LogP contribution in [0.4, 0.5) is 18.9 Å². The fourth-order valence-corrected chi connectivity index (χ4v) is 2.93. The van der Waals surface area contributed by atoms with Gasteiger partial charge < -0.3 is 10.1 Å². The average molecular weight is 478 g/mol. The second kappa shape index (κ2) is 11.3. The zero-order valence-electron chi connectivity index (χ0n) is 16.6. The van der Waals surface area contributed by atoms with E-state index in [1.807, 2.05) is 0 Å². The molecule has 0 spiro atoms. The SMILES string of the molecule is CCCCCCCC(=O)Oc1ccc(Cl)cc1C(=O)Nc1cnc(C(F)(F)F)nc1Cl. The lowest BCUT2D eigenvalue weighted by Crippen LogP contribution is -2.18. The van der Waals surface area contributed by atoms with Crippen molar-refractivity contribution in [1.29, 1.82) is 0 Å². The first-order chi connectivity index (χ1) is 14.6. The monoisotopic (exact) mass is 477 g/mol. The molecule has 0 atom stereocenters. The standard InChI is InChI=1S/C20H20Cl2F3N3O3/c1-2-3-4-5-6-7-16(29)31-15-9-8-12(21)10-13(15)18(30)27-14-11-26-19(20(23,24)25)28-17(14)22/h8-11H,2-7H2,1H3,(H,27,30). The number of aromatic nitrogens is 2. The van der Waals surface area contributed by atoms with Gasteiger partial charge in [-0.2, -0.15) is 13.2 Å². The van der Waals surface area contributed by atoms with Crippen LogP contribution < -0.4 is 10.1 Å². The number of hydrogen-bond acceptors (Lipinski definition) is 5. The van der Waals surface area contributed by atoms with E-state index in [0.29, 0.717) is 6.42 Å². The van der Waals surface area contributed by atoms with Gasteiger partial charge in [0.25, 0.3) is 5.91 Å². The molecule has 2 rings (SSSR count). The van der Waals surface area contributed by atoms with E-state index in [0.717, 1.165) is 31.9 Å². The highest BCUT2D eigenvalue weighted by molar-refractivity contribution is 6.33. The number of ether oxygens (including phenoxy) is 1. The van der Waals surface area contributed by atoms with Crippen molar-refractivity contribution in [2.45, 2.75) is 51.6 Å². The molecule has 0 unspecified atom stereocenters. The maximum absolute atomic E-state index is 12.7. The number of anilines is 1. The van der Waals surface area contributed by atoms with Crippen molar-refractivity contribution in [3.63, 3.8) is 0 Å². The molecule has 0 saturated heterocycles. The van der Waals surface area contributed by atoms with Crippen molar-refractivity contribution >= 4 is 40.8 Å². The number of nitrogens with one attached hydrogen (secondary N) is 1. The number of halogens is 5.